The predicted octanol–water partition coefficient (Wildman–Crippen LogP) is 2.40. The molecule has 104 valence electrons. The quantitative estimate of drug-likeness (QED) is 0.585. The third kappa shape index (κ3) is 4.40. The number of rotatable bonds is 4. The number of carbonyl (C=O) groups excluding carboxylic acids is 1. The monoisotopic (exact) mass is 292 g/mol. The van der Waals surface area contributed by atoms with E-state index in [9.17, 15) is 4.79 Å². The predicted molar refractivity (Wildman–Crippen MR) is 75.8 cm³/mol. The SMILES string of the molecule is CCOC(=S)SC(C)[C@@H]1CCCO[C@@H]1C(=O)OC. The molecule has 0 amide bonds. The van der Waals surface area contributed by atoms with Gasteiger partial charge in [0.1, 0.15) is 0 Å². The molecule has 18 heavy (non-hydrogen) atoms. The number of thiocarbonyl (C=S) groups is 1. The number of esters is 1. The fourth-order valence-electron chi connectivity index (χ4n) is 2.04. The average Bonchev–Trinajstić information content (AvgIpc) is 2.38. The lowest BCUT2D eigenvalue weighted by molar-refractivity contribution is -0.161. The first-order valence-electron chi connectivity index (χ1n) is 6.13. The largest absolute Gasteiger partial charge is 0.479 e. The fourth-order valence-corrected chi connectivity index (χ4v) is 3.55. The zero-order chi connectivity index (χ0) is 13.5. The molecule has 0 radical (unpaired) electrons. The van der Waals surface area contributed by atoms with Crippen LogP contribution in [0, 0.1) is 5.92 Å². The molecule has 0 saturated carbocycles. The van der Waals surface area contributed by atoms with Crippen LogP contribution in [0.15, 0.2) is 0 Å². The molecular formula is C12H20O4S2. The van der Waals surface area contributed by atoms with Crippen LogP contribution in [0.4, 0.5) is 0 Å². The number of ether oxygens (including phenoxy) is 3. The Morgan fingerprint density at radius 3 is 2.94 bits per heavy atom. The van der Waals surface area contributed by atoms with E-state index >= 15 is 0 Å². The Morgan fingerprint density at radius 2 is 2.33 bits per heavy atom. The number of carbonyl (C=O) groups is 1. The topological polar surface area (TPSA) is 44.8 Å². The van der Waals surface area contributed by atoms with Crippen molar-refractivity contribution in [2.45, 2.75) is 38.0 Å². The maximum atomic E-state index is 11.7. The van der Waals surface area contributed by atoms with Gasteiger partial charge in [0.05, 0.1) is 13.7 Å². The highest BCUT2D eigenvalue weighted by atomic mass is 32.2. The summed E-state index contributed by atoms with van der Waals surface area (Å²) in [5, 5.41) is 0.174. The lowest BCUT2D eigenvalue weighted by Crippen LogP contribution is -2.41. The summed E-state index contributed by atoms with van der Waals surface area (Å²) >= 11 is 6.60. The van der Waals surface area contributed by atoms with Crippen LogP contribution in [0.25, 0.3) is 0 Å². The lowest BCUT2D eigenvalue weighted by Gasteiger charge is -2.33. The minimum atomic E-state index is -0.476. The van der Waals surface area contributed by atoms with Crippen LogP contribution in [0.5, 0.6) is 0 Å². The molecule has 1 aliphatic rings. The summed E-state index contributed by atoms with van der Waals surface area (Å²) in [6.45, 7) is 5.13. The Hall–Kier alpha value is -0.330. The molecule has 1 heterocycles. The van der Waals surface area contributed by atoms with Crippen molar-refractivity contribution in [2.75, 3.05) is 20.3 Å². The standard InChI is InChI=1S/C12H20O4S2/c1-4-15-12(17)18-8(2)9-6-5-7-16-10(9)11(13)14-3/h8-10H,4-7H2,1-3H3/t8?,9-,10-/m0/s1. The van der Waals surface area contributed by atoms with Crippen LogP contribution in [-0.4, -0.2) is 42.0 Å². The smallest absolute Gasteiger partial charge is 0.335 e. The molecule has 0 bridgehead atoms. The van der Waals surface area contributed by atoms with Crippen molar-refractivity contribution >= 4 is 34.3 Å². The first kappa shape index (κ1) is 15.7. The molecule has 1 saturated heterocycles. The molecule has 0 aromatic heterocycles. The molecule has 0 aliphatic carbocycles. The van der Waals surface area contributed by atoms with E-state index in [1.54, 1.807) is 0 Å². The fraction of sp³-hybridized carbons (Fsp3) is 0.833. The second-order valence-corrected chi connectivity index (χ2v) is 6.11. The van der Waals surface area contributed by atoms with Gasteiger partial charge in [-0.2, -0.15) is 0 Å². The Labute approximate surface area is 118 Å². The van der Waals surface area contributed by atoms with Crippen molar-refractivity contribution in [1.29, 1.82) is 0 Å². The van der Waals surface area contributed by atoms with E-state index in [4.69, 9.17) is 26.4 Å². The summed E-state index contributed by atoms with van der Waals surface area (Å²) < 4.78 is 16.1. The first-order valence-corrected chi connectivity index (χ1v) is 7.41. The van der Waals surface area contributed by atoms with E-state index in [2.05, 4.69) is 0 Å². The number of hydrogen-bond acceptors (Lipinski definition) is 6. The molecule has 1 aliphatic heterocycles. The van der Waals surface area contributed by atoms with Crippen LogP contribution in [0.2, 0.25) is 0 Å². The van der Waals surface area contributed by atoms with Crippen LogP contribution >= 0.6 is 24.0 Å². The molecule has 4 nitrogen and oxygen atoms in total. The number of thioether (sulfide) groups is 1. The van der Waals surface area contributed by atoms with Gasteiger partial charge in [-0.05, 0) is 32.0 Å². The summed E-state index contributed by atoms with van der Waals surface area (Å²) in [6, 6.07) is 0. The third-order valence-corrected chi connectivity index (χ3v) is 4.39. The van der Waals surface area contributed by atoms with Gasteiger partial charge in [0.15, 0.2) is 6.10 Å². The van der Waals surface area contributed by atoms with E-state index in [0.29, 0.717) is 17.6 Å². The Bertz CT molecular complexity index is 296. The Balaban J connectivity index is 2.59. The molecule has 1 rings (SSSR count). The summed E-state index contributed by atoms with van der Waals surface area (Å²) in [4.78, 5) is 11.7. The second kappa shape index (κ2) is 7.96. The van der Waals surface area contributed by atoms with Crippen LogP contribution in [0.3, 0.4) is 0 Å². The minimum absolute atomic E-state index is 0.120. The highest BCUT2D eigenvalue weighted by Gasteiger charge is 2.37. The molecule has 0 N–H and O–H groups in total. The van der Waals surface area contributed by atoms with Gasteiger partial charge in [-0.1, -0.05) is 18.7 Å². The second-order valence-electron chi connectivity index (χ2n) is 4.13. The van der Waals surface area contributed by atoms with Gasteiger partial charge in [0.2, 0.25) is 4.38 Å². The molecule has 0 aromatic rings. The lowest BCUT2D eigenvalue weighted by atomic mass is 9.91. The summed E-state index contributed by atoms with van der Waals surface area (Å²) in [6.07, 6.45) is 1.43. The number of hydrogen-bond donors (Lipinski definition) is 0. The van der Waals surface area contributed by atoms with Gasteiger partial charge < -0.3 is 14.2 Å². The van der Waals surface area contributed by atoms with Crippen molar-refractivity contribution in [3.8, 4) is 0 Å². The summed E-state index contributed by atoms with van der Waals surface area (Å²) in [7, 11) is 1.39. The number of methoxy groups -OCH3 is 1. The Kier molecular flexibility index (Phi) is 6.96. The van der Waals surface area contributed by atoms with E-state index < -0.39 is 6.10 Å². The van der Waals surface area contributed by atoms with E-state index in [1.807, 2.05) is 13.8 Å². The van der Waals surface area contributed by atoms with Gasteiger partial charge in [-0.25, -0.2) is 4.79 Å². The summed E-state index contributed by atoms with van der Waals surface area (Å²) in [5.41, 5.74) is 0. The molecule has 3 atom stereocenters. The minimum Gasteiger partial charge on any atom is -0.479 e. The molecule has 0 spiro atoms. The maximum absolute atomic E-state index is 11.7. The average molecular weight is 292 g/mol. The zero-order valence-corrected chi connectivity index (χ0v) is 12.6. The zero-order valence-electron chi connectivity index (χ0n) is 11.0. The molecular weight excluding hydrogens is 272 g/mol. The molecule has 6 heteroatoms. The van der Waals surface area contributed by atoms with Crippen LogP contribution in [-0.2, 0) is 19.0 Å². The van der Waals surface area contributed by atoms with Gasteiger partial charge in [0.25, 0.3) is 0 Å². The van der Waals surface area contributed by atoms with Gasteiger partial charge >= 0.3 is 5.97 Å². The van der Waals surface area contributed by atoms with Gasteiger partial charge in [-0.15, -0.1) is 0 Å². The van der Waals surface area contributed by atoms with Crippen molar-refractivity contribution in [3.05, 3.63) is 0 Å². The normalized spacial score (nSPS) is 25.3. The van der Waals surface area contributed by atoms with Crippen LogP contribution in [0.1, 0.15) is 26.7 Å². The first-order chi connectivity index (χ1) is 8.60. The van der Waals surface area contributed by atoms with E-state index in [0.717, 1.165) is 12.8 Å². The van der Waals surface area contributed by atoms with Crippen molar-refractivity contribution in [2.24, 2.45) is 5.92 Å². The summed E-state index contributed by atoms with van der Waals surface area (Å²) in [5.74, 6) is -0.177. The van der Waals surface area contributed by atoms with Crippen molar-refractivity contribution in [1.82, 2.24) is 0 Å². The van der Waals surface area contributed by atoms with Crippen LogP contribution < -0.4 is 0 Å². The van der Waals surface area contributed by atoms with Gasteiger partial charge in [0, 0.05) is 17.8 Å². The highest BCUT2D eigenvalue weighted by molar-refractivity contribution is 8.23. The maximum Gasteiger partial charge on any atom is 0.335 e. The van der Waals surface area contributed by atoms with E-state index in [-0.39, 0.29) is 17.1 Å². The highest BCUT2D eigenvalue weighted by Crippen LogP contribution is 2.32. The molecule has 1 unspecified atom stereocenters. The third-order valence-electron chi connectivity index (χ3n) is 2.95. The van der Waals surface area contributed by atoms with Crippen molar-refractivity contribution in [3.63, 3.8) is 0 Å². The molecule has 0 aromatic carbocycles. The van der Waals surface area contributed by atoms with Gasteiger partial charge in [-0.3, -0.25) is 0 Å². The Morgan fingerprint density at radius 1 is 1.61 bits per heavy atom. The van der Waals surface area contributed by atoms with Crippen molar-refractivity contribution < 1.29 is 19.0 Å². The molecule has 1 fully saturated rings. The van der Waals surface area contributed by atoms with E-state index in [1.165, 1.54) is 18.9 Å².